The van der Waals surface area contributed by atoms with Crippen LogP contribution in [-0.4, -0.2) is 61.5 Å². The Morgan fingerprint density at radius 2 is 2.25 bits per heavy atom. The number of nitrogens with one attached hydrogen (secondary N) is 2. The molecule has 1 unspecified atom stereocenters. The predicted molar refractivity (Wildman–Crippen MR) is 95.2 cm³/mol. The topological polar surface area (TPSA) is 65.9 Å². The van der Waals surface area contributed by atoms with Crippen LogP contribution < -0.4 is 10.6 Å². The minimum absolute atomic E-state index is 0. The van der Waals surface area contributed by atoms with E-state index in [1.54, 1.807) is 0 Å². The first-order valence-corrected chi connectivity index (χ1v) is 8.15. The highest BCUT2D eigenvalue weighted by Crippen LogP contribution is 2.27. The average molecular weight is 415 g/mol. The van der Waals surface area contributed by atoms with Gasteiger partial charge < -0.3 is 20.5 Å². The van der Waals surface area contributed by atoms with Gasteiger partial charge in [0.25, 0.3) is 0 Å². The van der Waals surface area contributed by atoms with Crippen LogP contribution in [0.2, 0.25) is 0 Å². The zero-order valence-corrected chi connectivity index (χ0v) is 15.2. The van der Waals surface area contributed by atoms with Crippen molar-refractivity contribution >= 4 is 41.7 Å². The second-order valence-electron chi connectivity index (χ2n) is 5.36. The fourth-order valence-corrected chi connectivity index (χ4v) is 3.43. The molecule has 2 saturated heterocycles. The van der Waals surface area contributed by atoms with Crippen LogP contribution in [0.5, 0.6) is 0 Å². The Kier molecular flexibility index (Phi) is 8.54. The summed E-state index contributed by atoms with van der Waals surface area (Å²) in [7, 11) is 0. The van der Waals surface area contributed by atoms with E-state index in [1.807, 2.05) is 11.8 Å². The molecule has 5 nitrogen and oxygen atoms in total. The van der Waals surface area contributed by atoms with Gasteiger partial charge in [0, 0.05) is 18.3 Å². The number of hydrogen-bond donors (Lipinski definition) is 3. The van der Waals surface area contributed by atoms with Gasteiger partial charge in [-0.25, -0.2) is 0 Å². The summed E-state index contributed by atoms with van der Waals surface area (Å²) in [6.45, 7) is 5.89. The molecule has 0 aromatic carbocycles. The largest absolute Gasteiger partial charge is 0.396 e. The molecule has 20 heavy (non-hydrogen) atoms. The Balaban J connectivity index is 0.00000200. The lowest BCUT2D eigenvalue weighted by atomic mass is 9.87. The molecule has 0 aromatic heterocycles. The van der Waals surface area contributed by atoms with Gasteiger partial charge in [-0.1, -0.05) is 0 Å². The number of halogens is 1. The highest BCUT2D eigenvalue weighted by molar-refractivity contribution is 14.0. The molecule has 2 aliphatic heterocycles. The van der Waals surface area contributed by atoms with E-state index in [-0.39, 0.29) is 36.0 Å². The monoisotopic (exact) mass is 415 g/mol. The summed E-state index contributed by atoms with van der Waals surface area (Å²) >= 11 is 2.04. The number of ether oxygens (including phenoxy) is 1. The predicted octanol–water partition coefficient (Wildman–Crippen LogP) is 1.06. The summed E-state index contributed by atoms with van der Waals surface area (Å²) in [5, 5.41) is 16.8. The van der Waals surface area contributed by atoms with E-state index in [1.165, 1.54) is 18.6 Å². The molecule has 2 rings (SSSR count). The van der Waals surface area contributed by atoms with Crippen molar-refractivity contribution in [2.45, 2.75) is 25.0 Å². The summed E-state index contributed by atoms with van der Waals surface area (Å²) in [4.78, 5) is 4.58. The van der Waals surface area contributed by atoms with Gasteiger partial charge in [0.2, 0.25) is 0 Å². The van der Waals surface area contributed by atoms with Crippen molar-refractivity contribution < 1.29 is 9.84 Å². The molecule has 7 heteroatoms. The Morgan fingerprint density at radius 1 is 1.45 bits per heavy atom. The minimum Gasteiger partial charge on any atom is -0.396 e. The second kappa shape index (κ2) is 9.32. The standard InChI is InChI=1S/C13H25N3O2S.HI/c1-2-14-12(15-6-11-4-3-5-19-11)16-7-13(8-17)9-18-10-13;/h11,17H,2-10H2,1H3,(H2,14,15,16);1H. The lowest BCUT2D eigenvalue weighted by molar-refractivity contribution is -0.130. The number of hydrogen-bond acceptors (Lipinski definition) is 4. The molecule has 2 aliphatic rings. The molecule has 3 N–H and O–H groups in total. The van der Waals surface area contributed by atoms with Crippen molar-refractivity contribution in [3.63, 3.8) is 0 Å². The van der Waals surface area contributed by atoms with Gasteiger partial charge in [-0.05, 0) is 25.5 Å². The van der Waals surface area contributed by atoms with Crippen LogP contribution in [0.3, 0.4) is 0 Å². The third-order valence-electron chi connectivity index (χ3n) is 3.59. The maximum Gasteiger partial charge on any atom is 0.191 e. The highest BCUT2D eigenvalue weighted by Gasteiger charge is 2.38. The van der Waals surface area contributed by atoms with Crippen molar-refractivity contribution in [1.82, 2.24) is 10.6 Å². The Bertz CT molecular complexity index is 302. The van der Waals surface area contributed by atoms with Crippen molar-refractivity contribution in [2.24, 2.45) is 10.4 Å². The molecule has 0 amide bonds. The zero-order valence-electron chi connectivity index (χ0n) is 12.1. The van der Waals surface area contributed by atoms with Crippen molar-refractivity contribution in [3.8, 4) is 0 Å². The maximum atomic E-state index is 9.39. The molecule has 2 heterocycles. The molecule has 1 atom stereocenters. The van der Waals surface area contributed by atoms with Gasteiger partial charge in [-0.2, -0.15) is 11.8 Å². The lowest BCUT2D eigenvalue weighted by Crippen LogP contribution is -2.49. The normalized spacial score (nSPS) is 24.7. The number of aliphatic hydroxyl groups is 1. The van der Waals surface area contributed by atoms with Gasteiger partial charge in [0.1, 0.15) is 0 Å². The number of guanidine groups is 1. The maximum absolute atomic E-state index is 9.39. The summed E-state index contributed by atoms with van der Waals surface area (Å²) in [5.41, 5.74) is -0.148. The zero-order chi connectivity index (χ0) is 13.6. The Morgan fingerprint density at radius 3 is 2.75 bits per heavy atom. The Labute approximate surface area is 142 Å². The van der Waals surface area contributed by atoms with Crippen molar-refractivity contribution in [3.05, 3.63) is 0 Å². The van der Waals surface area contributed by atoms with Crippen LogP contribution in [0.25, 0.3) is 0 Å². The van der Waals surface area contributed by atoms with E-state index in [0.717, 1.165) is 19.0 Å². The van der Waals surface area contributed by atoms with Crippen molar-refractivity contribution in [2.75, 3.05) is 45.2 Å². The summed E-state index contributed by atoms with van der Waals surface area (Å²) < 4.78 is 5.19. The average Bonchev–Trinajstić information content (AvgIpc) is 2.88. The van der Waals surface area contributed by atoms with Crippen LogP contribution in [-0.2, 0) is 4.74 Å². The summed E-state index contributed by atoms with van der Waals surface area (Å²) in [6, 6.07) is 0. The second-order valence-corrected chi connectivity index (χ2v) is 6.77. The summed E-state index contributed by atoms with van der Waals surface area (Å²) in [5.74, 6) is 2.14. The number of thioether (sulfide) groups is 1. The molecule has 0 spiro atoms. The molecule has 0 radical (unpaired) electrons. The third kappa shape index (κ3) is 5.23. The van der Waals surface area contributed by atoms with E-state index < -0.39 is 0 Å². The number of aliphatic imine (C=N–C) groups is 1. The van der Waals surface area contributed by atoms with E-state index >= 15 is 0 Å². The van der Waals surface area contributed by atoms with Crippen molar-refractivity contribution in [1.29, 1.82) is 0 Å². The van der Waals surface area contributed by atoms with Gasteiger partial charge in [-0.15, -0.1) is 24.0 Å². The van der Waals surface area contributed by atoms with Gasteiger partial charge >= 0.3 is 0 Å². The molecule has 0 saturated carbocycles. The SMILES string of the molecule is CCNC(=NCC1(CO)COC1)NCC1CCCS1.I. The molecule has 2 fully saturated rings. The first-order chi connectivity index (χ1) is 9.28. The van der Waals surface area contributed by atoms with Crippen LogP contribution in [0.1, 0.15) is 19.8 Å². The quantitative estimate of drug-likeness (QED) is 0.344. The fourth-order valence-electron chi connectivity index (χ4n) is 2.23. The van der Waals surface area contributed by atoms with Crippen LogP contribution in [0, 0.1) is 5.41 Å². The van der Waals surface area contributed by atoms with E-state index in [0.29, 0.717) is 25.0 Å². The molecule has 0 aliphatic carbocycles. The molecule has 118 valence electrons. The minimum atomic E-state index is -0.148. The molecule has 0 bridgehead atoms. The smallest absolute Gasteiger partial charge is 0.191 e. The number of nitrogens with zero attached hydrogens (tertiary/aromatic N) is 1. The molecular formula is C13H26IN3O2S. The number of aliphatic hydroxyl groups excluding tert-OH is 1. The first kappa shape index (κ1) is 18.3. The van der Waals surface area contributed by atoms with E-state index in [9.17, 15) is 5.11 Å². The number of rotatable bonds is 6. The fraction of sp³-hybridized carbons (Fsp3) is 0.923. The van der Waals surface area contributed by atoms with Gasteiger partial charge in [0.05, 0.1) is 31.8 Å². The van der Waals surface area contributed by atoms with Gasteiger partial charge in [-0.3, -0.25) is 4.99 Å². The van der Waals surface area contributed by atoms with Gasteiger partial charge in [0.15, 0.2) is 5.96 Å². The van der Waals surface area contributed by atoms with Crippen LogP contribution >= 0.6 is 35.7 Å². The third-order valence-corrected chi connectivity index (χ3v) is 4.99. The lowest BCUT2D eigenvalue weighted by Gasteiger charge is -2.38. The van der Waals surface area contributed by atoms with Crippen LogP contribution in [0.15, 0.2) is 4.99 Å². The van der Waals surface area contributed by atoms with Crippen LogP contribution in [0.4, 0.5) is 0 Å². The molecular weight excluding hydrogens is 389 g/mol. The Hall–Kier alpha value is 0.270. The summed E-state index contributed by atoms with van der Waals surface area (Å²) in [6.07, 6.45) is 2.63. The van der Waals surface area contributed by atoms with E-state index in [2.05, 4.69) is 22.5 Å². The highest BCUT2D eigenvalue weighted by atomic mass is 127. The molecule has 0 aromatic rings. The van der Waals surface area contributed by atoms with E-state index in [4.69, 9.17) is 4.74 Å². The first-order valence-electron chi connectivity index (χ1n) is 7.10.